The summed E-state index contributed by atoms with van der Waals surface area (Å²) in [5.74, 6) is 0.430. The lowest BCUT2D eigenvalue weighted by Gasteiger charge is -2.27. The molecule has 13 heavy (non-hydrogen) atoms. The molecule has 0 aromatic rings. The standard InChI is InChI=1S/C8H13ClO4/c9-5-7(13-8(10)11)6-1-3-12-4-2-6/h6-7H,1-5H2,(H,10,11). The van der Waals surface area contributed by atoms with Gasteiger partial charge in [-0.3, -0.25) is 0 Å². The van der Waals surface area contributed by atoms with Crippen molar-refractivity contribution in [3.63, 3.8) is 0 Å². The van der Waals surface area contributed by atoms with Crippen LogP contribution in [-0.2, 0) is 9.47 Å². The number of halogens is 1. The predicted octanol–water partition coefficient (Wildman–Crippen LogP) is 1.72. The van der Waals surface area contributed by atoms with E-state index in [0.29, 0.717) is 13.2 Å². The summed E-state index contributed by atoms with van der Waals surface area (Å²) in [6.07, 6.45) is 0.00945. The summed E-state index contributed by atoms with van der Waals surface area (Å²) in [5, 5.41) is 8.43. The second-order valence-corrected chi connectivity index (χ2v) is 3.33. The zero-order chi connectivity index (χ0) is 9.68. The zero-order valence-corrected chi connectivity index (χ0v) is 8.00. The summed E-state index contributed by atoms with van der Waals surface area (Å²) in [5.41, 5.74) is 0. The second kappa shape index (κ2) is 5.29. The topological polar surface area (TPSA) is 55.8 Å². The highest BCUT2D eigenvalue weighted by molar-refractivity contribution is 6.18. The molecule has 0 bridgehead atoms. The molecule has 1 aliphatic heterocycles. The Labute approximate surface area is 81.8 Å². The first kappa shape index (κ1) is 10.6. The minimum absolute atomic E-state index is 0.211. The first-order valence-corrected chi connectivity index (χ1v) is 4.80. The lowest BCUT2D eigenvalue weighted by atomic mass is 9.95. The van der Waals surface area contributed by atoms with Crippen molar-refractivity contribution in [1.29, 1.82) is 0 Å². The molecule has 0 aromatic heterocycles. The number of rotatable bonds is 3. The summed E-state index contributed by atoms with van der Waals surface area (Å²) in [6.45, 7) is 1.34. The molecule has 1 saturated heterocycles. The number of alkyl halides is 1. The summed E-state index contributed by atoms with van der Waals surface area (Å²) in [4.78, 5) is 10.3. The maximum Gasteiger partial charge on any atom is 0.506 e. The highest BCUT2D eigenvalue weighted by Crippen LogP contribution is 2.22. The quantitative estimate of drug-likeness (QED) is 0.567. The molecule has 1 heterocycles. The van der Waals surface area contributed by atoms with Crippen molar-refractivity contribution in [2.24, 2.45) is 5.92 Å². The van der Waals surface area contributed by atoms with Crippen LogP contribution in [0.4, 0.5) is 4.79 Å². The minimum atomic E-state index is -1.25. The van der Waals surface area contributed by atoms with Crippen LogP contribution >= 0.6 is 11.6 Å². The molecule has 0 aromatic carbocycles. The van der Waals surface area contributed by atoms with Crippen LogP contribution in [-0.4, -0.2) is 36.5 Å². The van der Waals surface area contributed by atoms with Crippen LogP contribution < -0.4 is 0 Å². The zero-order valence-electron chi connectivity index (χ0n) is 7.24. The van der Waals surface area contributed by atoms with E-state index < -0.39 is 6.16 Å². The molecule has 76 valence electrons. The molecule has 5 heteroatoms. The monoisotopic (exact) mass is 208 g/mol. The Morgan fingerprint density at radius 2 is 2.23 bits per heavy atom. The van der Waals surface area contributed by atoms with Gasteiger partial charge < -0.3 is 14.6 Å². The molecule has 1 N–H and O–H groups in total. The largest absolute Gasteiger partial charge is 0.506 e. The number of carboxylic acid groups (broad SMARTS) is 1. The Balaban J connectivity index is 2.39. The second-order valence-electron chi connectivity index (χ2n) is 3.03. The van der Waals surface area contributed by atoms with Crippen molar-refractivity contribution < 1.29 is 19.4 Å². The van der Waals surface area contributed by atoms with Crippen LogP contribution in [0.2, 0.25) is 0 Å². The van der Waals surface area contributed by atoms with Gasteiger partial charge in [0.2, 0.25) is 0 Å². The molecule has 0 amide bonds. The Kier molecular flexibility index (Phi) is 4.32. The van der Waals surface area contributed by atoms with Crippen LogP contribution in [0, 0.1) is 5.92 Å². The number of hydrogen-bond acceptors (Lipinski definition) is 3. The van der Waals surface area contributed by atoms with Gasteiger partial charge in [0.05, 0.1) is 5.88 Å². The van der Waals surface area contributed by atoms with Gasteiger partial charge in [0.25, 0.3) is 0 Å². The van der Waals surface area contributed by atoms with E-state index in [1.165, 1.54) is 0 Å². The van der Waals surface area contributed by atoms with E-state index in [9.17, 15) is 4.79 Å². The average molecular weight is 209 g/mol. The van der Waals surface area contributed by atoms with Gasteiger partial charge in [0.1, 0.15) is 6.10 Å². The molecular weight excluding hydrogens is 196 g/mol. The lowest BCUT2D eigenvalue weighted by molar-refractivity contribution is -0.00969. The number of ether oxygens (including phenoxy) is 2. The van der Waals surface area contributed by atoms with Crippen molar-refractivity contribution in [2.45, 2.75) is 18.9 Å². The molecule has 1 fully saturated rings. The van der Waals surface area contributed by atoms with Crippen molar-refractivity contribution in [2.75, 3.05) is 19.1 Å². The van der Waals surface area contributed by atoms with Gasteiger partial charge in [-0.1, -0.05) is 0 Å². The third-order valence-electron chi connectivity index (χ3n) is 2.20. The molecule has 0 saturated carbocycles. The van der Waals surface area contributed by atoms with E-state index in [4.69, 9.17) is 21.4 Å². The Hall–Kier alpha value is -0.480. The van der Waals surface area contributed by atoms with Gasteiger partial charge in [-0.05, 0) is 12.8 Å². The molecule has 1 aliphatic rings. The summed E-state index contributed by atoms with van der Waals surface area (Å²) < 4.78 is 9.82. The van der Waals surface area contributed by atoms with Crippen molar-refractivity contribution in [3.05, 3.63) is 0 Å². The minimum Gasteiger partial charge on any atom is -0.450 e. The predicted molar refractivity (Wildman–Crippen MR) is 47.2 cm³/mol. The first-order valence-electron chi connectivity index (χ1n) is 4.27. The first-order chi connectivity index (χ1) is 6.24. The molecule has 1 unspecified atom stereocenters. The molecular formula is C8H13ClO4. The van der Waals surface area contributed by atoms with Gasteiger partial charge in [-0.15, -0.1) is 11.6 Å². The number of carbonyl (C=O) groups is 1. The molecule has 1 atom stereocenters. The summed E-state index contributed by atoms with van der Waals surface area (Å²) >= 11 is 5.62. The van der Waals surface area contributed by atoms with Gasteiger partial charge in [0.15, 0.2) is 0 Å². The highest BCUT2D eigenvalue weighted by Gasteiger charge is 2.26. The van der Waals surface area contributed by atoms with E-state index >= 15 is 0 Å². The molecule has 1 rings (SSSR count). The van der Waals surface area contributed by atoms with Crippen LogP contribution in [0.15, 0.2) is 0 Å². The normalized spacial score (nSPS) is 21.0. The van der Waals surface area contributed by atoms with E-state index in [2.05, 4.69) is 4.74 Å². The van der Waals surface area contributed by atoms with Crippen molar-refractivity contribution in [1.82, 2.24) is 0 Å². The molecule has 0 aliphatic carbocycles. The Morgan fingerprint density at radius 3 is 2.69 bits per heavy atom. The van der Waals surface area contributed by atoms with E-state index in [-0.39, 0.29) is 17.9 Å². The van der Waals surface area contributed by atoms with E-state index in [0.717, 1.165) is 12.8 Å². The smallest absolute Gasteiger partial charge is 0.450 e. The molecule has 0 radical (unpaired) electrons. The van der Waals surface area contributed by atoms with Gasteiger partial charge in [-0.2, -0.15) is 0 Å². The SMILES string of the molecule is O=C(O)OC(CCl)C1CCOCC1. The van der Waals surface area contributed by atoms with Gasteiger partial charge >= 0.3 is 6.16 Å². The van der Waals surface area contributed by atoms with Crippen LogP contribution in [0.3, 0.4) is 0 Å². The Morgan fingerprint density at radius 1 is 1.62 bits per heavy atom. The van der Waals surface area contributed by atoms with Crippen LogP contribution in [0.5, 0.6) is 0 Å². The summed E-state index contributed by atoms with van der Waals surface area (Å²) in [7, 11) is 0. The van der Waals surface area contributed by atoms with Crippen molar-refractivity contribution in [3.8, 4) is 0 Å². The number of hydrogen-bond donors (Lipinski definition) is 1. The summed E-state index contributed by atoms with van der Waals surface area (Å²) in [6, 6.07) is 0. The molecule has 4 nitrogen and oxygen atoms in total. The lowest BCUT2D eigenvalue weighted by Crippen LogP contribution is -2.32. The Bertz CT molecular complexity index is 168. The highest BCUT2D eigenvalue weighted by atomic mass is 35.5. The maximum absolute atomic E-state index is 10.3. The van der Waals surface area contributed by atoms with E-state index in [1.54, 1.807) is 0 Å². The maximum atomic E-state index is 10.3. The third kappa shape index (κ3) is 3.40. The van der Waals surface area contributed by atoms with E-state index in [1.807, 2.05) is 0 Å². The average Bonchev–Trinajstić information content (AvgIpc) is 2.15. The third-order valence-corrected chi connectivity index (χ3v) is 2.50. The van der Waals surface area contributed by atoms with Crippen molar-refractivity contribution >= 4 is 17.8 Å². The van der Waals surface area contributed by atoms with Gasteiger partial charge in [0, 0.05) is 19.1 Å². The van der Waals surface area contributed by atoms with Gasteiger partial charge in [-0.25, -0.2) is 4.79 Å². The van der Waals surface area contributed by atoms with Crippen LogP contribution in [0.1, 0.15) is 12.8 Å². The fourth-order valence-corrected chi connectivity index (χ4v) is 1.79. The molecule has 0 spiro atoms. The van der Waals surface area contributed by atoms with Crippen LogP contribution in [0.25, 0.3) is 0 Å². The fourth-order valence-electron chi connectivity index (χ4n) is 1.47. The fraction of sp³-hybridized carbons (Fsp3) is 0.875.